The maximum Gasteiger partial charge on any atom is 0.333 e. The molecule has 1 amide bonds. The summed E-state index contributed by atoms with van der Waals surface area (Å²) in [6.45, 7) is 5.29. The van der Waals surface area contributed by atoms with Crippen molar-refractivity contribution in [2.45, 2.75) is 33.1 Å². The van der Waals surface area contributed by atoms with Gasteiger partial charge in [0.25, 0.3) is 0 Å². The molecule has 0 unspecified atom stereocenters. The molecule has 1 heterocycles. The minimum Gasteiger partial charge on any atom is -0.492 e. The number of hydrogen-bond acceptors (Lipinski definition) is 6. The van der Waals surface area contributed by atoms with Crippen molar-refractivity contribution < 1.29 is 24.6 Å². The molecule has 8 nitrogen and oxygen atoms in total. The van der Waals surface area contributed by atoms with Crippen molar-refractivity contribution in [2.75, 3.05) is 18.1 Å². The second kappa shape index (κ2) is 9.63. The molecule has 2 N–H and O–H groups in total. The molecule has 1 aromatic carbocycles. The van der Waals surface area contributed by atoms with E-state index >= 15 is 0 Å². The number of hydrazine groups is 1. The summed E-state index contributed by atoms with van der Waals surface area (Å²) in [5, 5.41) is 22.5. The normalized spacial score (nSPS) is 10.8. The third kappa shape index (κ3) is 5.24. The largest absolute Gasteiger partial charge is 0.492 e. The standard InChI is InChI=1S/C19H25N3O5/c1-3-20(4-2)21(15-9-6-5-7-10-15)16(23)11-8-12-19(26)27-22-17(24)13-14-18(22)25/h5-7,9-10,13-14,24-25H,3-4,8,11-12H2,1-2H3. The Morgan fingerprint density at radius 3 is 2.11 bits per heavy atom. The van der Waals surface area contributed by atoms with Crippen molar-refractivity contribution in [1.29, 1.82) is 0 Å². The number of para-hydroxylation sites is 1. The minimum absolute atomic E-state index is 0.0241. The number of rotatable bonds is 9. The van der Waals surface area contributed by atoms with Gasteiger partial charge in [-0.05, 0) is 18.6 Å². The highest BCUT2D eigenvalue weighted by Crippen LogP contribution is 2.20. The van der Waals surface area contributed by atoms with Crippen molar-refractivity contribution in [2.24, 2.45) is 0 Å². The monoisotopic (exact) mass is 375 g/mol. The number of benzene rings is 1. The molecule has 0 atom stereocenters. The molecule has 0 spiro atoms. The van der Waals surface area contributed by atoms with Crippen molar-refractivity contribution >= 4 is 17.6 Å². The van der Waals surface area contributed by atoms with E-state index < -0.39 is 5.97 Å². The van der Waals surface area contributed by atoms with E-state index in [2.05, 4.69) is 0 Å². The highest BCUT2D eigenvalue weighted by atomic mass is 16.7. The Morgan fingerprint density at radius 1 is 0.963 bits per heavy atom. The van der Waals surface area contributed by atoms with E-state index in [1.807, 2.05) is 49.2 Å². The van der Waals surface area contributed by atoms with Crippen LogP contribution in [0, 0.1) is 0 Å². The van der Waals surface area contributed by atoms with Crippen LogP contribution in [0.1, 0.15) is 33.1 Å². The van der Waals surface area contributed by atoms with E-state index in [0.717, 1.165) is 5.69 Å². The summed E-state index contributed by atoms with van der Waals surface area (Å²) in [6.07, 6.45) is 0.416. The molecule has 0 bridgehead atoms. The first kappa shape index (κ1) is 20.3. The maximum atomic E-state index is 12.8. The van der Waals surface area contributed by atoms with Gasteiger partial charge in [0.1, 0.15) is 0 Å². The summed E-state index contributed by atoms with van der Waals surface area (Å²) in [5.41, 5.74) is 0.774. The molecule has 0 aliphatic carbocycles. The van der Waals surface area contributed by atoms with Gasteiger partial charge in [0.05, 0.1) is 5.69 Å². The lowest BCUT2D eigenvalue weighted by Crippen LogP contribution is -2.46. The average Bonchev–Trinajstić information content (AvgIpc) is 2.98. The zero-order valence-corrected chi connectivity index (χ0v) is 15.5. The first-order valence-corrected chi connectivity index (χ1v) is 8.91. The number of carbonyl (C=O) groups excluding carboxylic acids is 2. The zero-order valence-electron chi connectivity index (χ0n) is 15.5. The lowest BCUT2D eigenvalue weighted by molar-refractivity contribution is -0.145. The first-order chi connectivity index (χ1) is 13.0. The third-order valence-corrected chi connectivity index (χ3v) is 4.01. The molecule has 0 fully saturated rings. The van der Waals surface area contributed by atoms with E-state index in [4.69, 9.17) is 4.84 Å². The van der Waals surface area contributed by atoms with E-state index in [-0.39, 0.29) is 36.9 Å². The van der Waals surface area contributed by atoms with Crippen LogP contribution in [0.5, 0.6) is 11.8 Å². The Bertz CT molecular complexity index is 736. The molecule has 0 aliphatic heterocycles. The van der Waals surface area contributed by atoms with Gasteiger partial charge in [0.2, 0.25) is 17.7 Å². The molecule has 1 aromatic heterocycles. The third-order valence-electron chi connectivity index (χ3n) is 4.01. The molecule has 2 aromatic rings. The highest BCUT2D eigenvalue weighted by molar-refractivity contribution is 5.92. The first-order valence-electron chi connectivity index (χ1n) is 8.91. The van der Waals surface area contributed by atoms with Crippen molar-refractivity contribution in [3.63, 3.8) is 0 Å². The Balaban J connectivity index is 1.94. The Kier molecular flexibility index (Phi) is 7.25. The molecule has 8 heteroatoms. The van der Waals surface area contributed by atoms with Crippen LogP contribution < -0.4 is 9.85 Å². The van der Waals surface area contributed by atoms with Crippen LogP contribution in [-0.4, -0.2) is 44.9 Å². The van der Waals surface area contributed by atoms with Gasteiger partial charge in [0.15, 0.2) is 0 Å². The molecule has 0 aliphatic rings. The fourth-order valence-electron chi connectivity index (χ4n) is 2.67. The minimum atomic E-state index is -0.654. The molecular weight excluding hydrogens is 350 g/mol. The fraction of sp³-hybridized carbons (Fsp3) is 0.368. The smallest absolute Gasteiger partial charge is 0.333 e. The Morgan fingerprint density at radius 2 is 1.56 bits per heavy atom. The van der Waals surface area contributed by atoms with Crippen molar-refractivity contribution in [3.05, 3.63) is 42.5 Å². The summed E-state index contributed by atoms with van der Waals surface area (Å²) in [7, 11) is 0. The van der Waals surface area contributed by atoms with Gasteiger partial charge >= 0.3 is 5.97 Å². The van der Waals surface area contributed by atoms with Crippen LogP contribution in [-0.2, 0) is 9.59 Å². The average molecular weight is 375 g/mol. The zero-order chi connectivity index (χ0) is 19.8. The molecule has 146 valence electrons. The lowest BCUT2D eigenvalue weighted by atomic mass is 10.2. The number of nitrogens with zero attached hydrogens (tertiary/aromatic N) is 3. The van der Waals surface area contributed by atoms with Gasteiger partial charge in [-0.15, -0.1) is 4.73 Å². The number of carbonyl (C=O) groups is 2. The van der Waals surface area contributed by atoms with Crippen LogP contribution in [0.3, 0.4) is 0 Å². The predicted octanol–water partition coefficient (Wildman–Crippen LogP) is 2.31. The van der Waals surface area contributed by atoms with Gasteiger partial charge in [-0.3, -0.25) is 4.79 Å². The Hall–Kier alpha value is -3.00. The van der Waals surface area contributed by atoms with Crippen LogP contribution in [0.15, 0.2) is 42.5 Å². The van der Waals surface area contributed by atoms with Crippen molar-refractivity contribution in [1.82, 2.24) is 9.74 Å². The van der Waals surface area contributed by atoms with E-state index in [1.54, 1.807) is 5.01 Å². The number of aromatic hydroxyl groups is 2. The van der Waals surface area contributed by atoms with Gasteiger partial charge in [0, 0.05) is 38.1 Å². The van der Waals surface area contributed by atoms with Crippen LogP contribution in [0.4, 0.5) is 5.69 Å². The molecule has 0 saturated heterocycles. The predicted molar refractivity (Wildman–Crippen MR) is 100 cm³/mol. The number of aromatic nitrogens is 1. The number of amides is 1. The van der Waals surface area contributed by atoms with E-state index in [9.17, 15) is 19.8 Å². The van der Waals surface area contributed by atoms with Gasteiger partial charge in [-0.1, -0.05) is 32.0 Å². The SMILES string of the molecule is CCN(CC)N(C(=O)CCCC(=O)On1c(O)ccc1O)c1ccccc1. The molecule has 0 radical (unpaired) electrons. The summed E-state index contributed by atoms with van der Waals surface area (Å²) >= 11 is 0. The van der Waals surface area contributed by atoms with Crippen molar-refractivity contribution in [3.8, 4) is 11.8 Å². The number of hydrogen-bond donors (Lipinski definition) is 2. The second-order valence-electron chi connectivity index (χ2n) is 5.84. The number of anilines is 1. The topological polar surface area (TPSA) is 95.2 Å². The van der Waals surface area contributed by atoms with Crippen LogP contribution >= 0.6 is 0 Å². The summed E-state index contributed by atoms with van der Waals surface area (Å²) in [5.74, 6) is -1.54. The molecule has 27 heavy (non-hydrogen) atoms. The summed E-state index contributed by atoms with van der Waals surface area (Å²) in [6, 6.07) is 11.8. The van der Waals surface area contributed by atoms with Gasteiger partial charge < -0.3 is 15.1 Å². The molecule has 0 saturated carbocycles. The van der Waals surface area contributed by atoms with Gasteiger partial charge in [-0.2, -0.15) is 0 Å². The van der Waals surface area contributed by atoms with Crippen LogP contribution in [0.25, 0.3) is 0 Å². The lowest BCUT2D eigenvalue weighted by Gasteiger charge is -2.33. The summed E-state index contributed by atoms with van der Waals surface area (Å²) < 4.78 is 0.635. The van der Waals surface area contributed by atoms with E-state index in [1.165, 1.54) is 12.1 Å². The summed E-state index contributed by atoms with van der Waals surface area (Å²) in [4.78, 5) is 29.5. The fourth-order valence-corrected chi connectivity index (χ4v) is 2.67. The van der Waals surface area contributed by atoms with Crippen LogP contribution in [0.2, 0.25) is 0 Å². The molecular formula is C19H25N3O5. The highest BCUT2D eigenvalue weighted by Gasteiger charge is 2.21. The second-order valence-corrected chi connectivity index (χ2v) is 5.84. The molecule has 2 rings (SSSR count). The van der Waals surface area contributed by atoms with E-state index in [0.29, 0.717) is 17.8 Å². The quantitative estimate of drug-likeness (QED) is 0.653. The maximum absolute atomic E-state index is 12.8. The van der Waals surface area contributed by atoms with Gasteiger partial charge in [-0.25, -0.2) is 14.8 Å². The Labute approximate surface area is 158 Å².